The molecule has 0 unspecified atom stereocenters. The Bertz CT molecular complexity index is 837. The number of aromatic nitrogens is 4. The van der Waals surface area contributed by atoms with Crippen molar-refractivity contribution < 1.29 is 9.53 Å². The van der Waals surface area contributed by atoms with Gasteiger partial charge < -0.3 is 4.74 Å². The van der Waals surface area contributed by atoms with Crippen LogP contribution in [0.15, 0.2) is 48.8 Å². The average molecular weight is 349 g/mol. The Morgan fingerprint density at radius 1 is 1.17 bits per heavy atom. The molecule has 116 valence electrons. The number of nitrogens with zero attached hydrogens (tertiary/aromatic N) is 4. The molecule has 6 nitrogen and oxygen atoms in total. The summed E-state index contributed by atoms with van der Waals surface area (Å²) >= 11 is 11.9. The van der Waals surface area contributed by atoms with Gasteiger partial charge in [0.05, 0.1) is 11.3 Å². The third kappa shape index (κ3) is 3.67. The molecule has 0 spiro atoms. The van der Waals surface area contributed by atoms with Gasteiger partial charge in [-0.3, -0.25) is 0 Å². The molecular weight excluding hydrogens is 339 g/mol. The minimum Gasteiger partial charge on any atom is -0.457 e. The van der Waals surface area contributed by atoms with Crippen LogP contribution in [0.5, 0.6) is 0 Å². The summed E-state index contributed by atoms with van der Waals surface area (Å²) in [5.41, 5.74) is 1.73. The molecule has 0 atom stereocenters. The van der Waals surface area contributed by atoms with E-state index in [-0.39, 0.29) is 6.61 Å². The second-order valence-corrected chi connectivity index (χ2v) is 5.46. The van der Waals surface area contributed by atoms with Crippen molar-refractivity contribution in [2.24, 2.45) is 0 Å². The van der Waals surface area contributed by atoms with Crippen molar-refractivity contribution in [2.75, 3.05) is 0 Å². The Kier molecular flexibility index (Phi) is 4.55. The van der Waals surface area contributed by atoms with Crippen LogP contribution in [0.4, 0.5) is 0 Å². The maximum absolute atomic E-state index is 12.2. The van der Waals surface area contributed by atoms with E-state index in [9.17, 15) is 4.79 Å². The zero-order valence-electron chi connectivity index (χ0n) is 11.7. The Hall–Kier alpha value is -2.44. The van der Waals surface area contributed by atoms with E-state index >= 15 is 0 Å². The molecule has 0 fully saturated rings. The van der Waals surface area contributed by atoms with E-state index in [1.54, 1.807) is 42.5 Å². The first-order valence-corrected chi connectivity index (χ1v) is 7.33. The summed E-state index contributed by atoms with van der Waals surface area (Å²) < 4.78 is 6.73. The lowest BCUT2D eigenvalue weighted by atomic mass is 10.2. The van der Waals surface area contributed by atoms with Crippen molar-refractivity contribution >= 4 is 29.2 Å². The topological polar surface area (TPSA) is 69.9 Å². The van der Waals surface area contributed by atoms with Crippen molar-refractivity contribution in [3.8, 4) is 5.69 Å². The molecule has 0 saturated carbocycles. The quantitative estimate of drug-likeness (QED) is 0.676. The molecule has 23 heavy (non-hydrogen) atoms. The highest BCUT2D eigenvalue weighted by Gasteiger charge is 2.10. The zero-order chi connectivity index (χ0) is 16.2. The van der Waals surface area contributed by atoms with Gasteiger partial charge in [-0.1, -0.05) is 35.3 Å². The number of tetrazole rings is 1. The highest BCUT2D eigenvalue weighted by atomic mass is 35.5. The Labute approximate surface area is 141 Å². The van der Waals surface area contributed by atoms with Gasteiger partial charge >= 0.3 is 5.97 Å². The molecule has 0 aliphatic rings. The minimum absolute atomic E-state index is 0.0595. The molecule has 2 aromatic carbocycles. The van der Waals surface area contributed by atoms with Gasteiger partial charge in [-0.05, 0) is 40.8 Å². The average Bonchev–Trinajstić information content (AvgIpc) is 3.08. The van der Waals surface area contributed by atoms with Gasteiger partial charge in [0.2, 0.25) is 0 Å². The number of rotatable bonds is 4. The number of carbonyl (C=O) groups excluding carboxylic acids is 1. The van der Waals surface area contributed by atoms with Crippen LogP contribution in [-0.2, 0) is 11.3 Å². The van der Waals surface area contributed by atoms with Crippen molar-refractivity contribution in [3.63, 3.8) is 0 Å². The molecule has 1 aromatic heterocycles. The molecule has 0 bridgehead atoms. The van der Waals surface area contributed by atoms with E-state index in [1.807, 2.05) is 0 Å². The molecule has 0 amide bonds. The molecule has 0 saturated heterocycles. The predicted molar refractivity (Wildman–Crippen MR) is 84.7 cm³/mol. The molecule has 3 rings (SSSR count). The van der Waals surface area contributed by atoms with E-state index in [2.05, 4.69) is 15.5 Å². The Balaban J connectivity index is 1.72. The van der Waals surface area contributed by atoms with E-state index in [1.165, 1.54) is 11.0 Å². The van der Waals surface area contributed by atoms with Crippen molar-refractivity contribution in [1.82, 2.24) is 20.2 Å². The number of hydrogen-bond acceptors (Lipinski definition) is 5. The maximum Gasteiger partial charge on any atom is 0.338 e. The number of benzene rings is 2. The smallest absolute Gasteiger partial charge is 0.338 e. The number of halogens is 2. The first kappa shape index (κ1) is 15.5. The highest BCUT2D eigenvalue weighted by Crippen LogP contribution is 2.22. The van der Waals surface area contributed by atoms with Crippen LogP contribution < -0.4 is 0 Å². The normalized spacial score (nSPS) is 10.5. The number of ether oxygens (including phenoxy) is 1. The van der Waals surface area contributed by atoms with E-state index in [0.29, 0.717) is 26.9 Å². The van der Waals surface area contributed by atoms with Gasteiger partial charge in [-0.15, -0.1) is 5.10 Å². The Morgan fingerprint density at radius 2 is 2.04 bits per heavy atom. The summed E-state index contributed by atoms with van der Waals surface area (Å²) in [5, 5.41) is 11.9. The third-order valence-corrected chi connectivity index (χ3v) is 3.66. The highest BCUT2D eigenvalue weighted by molar-refractivity contribution is 6.35. The van der Waals surface area contributed by atoms with Crippen molar-refractivity contribution in [2.45, 2.75) is 6.61 Å². The van der Waals surface area contributed by atoms with E-state index < -0.39 is 5.97 Å². The number of esters is 1. The fourth-order valence-corrected chi connectivity index (χ4v) is 2.38. The summed E-state index contributed by atoms with van der Waals surface area (Å²) in [6, 6.07) is 11.8. The number of hydrogen-bond donors (Lipinski definition) is 0. The summed E-state index contributed by atoms with van der Waals surface area (Å²) in [5.74, 6) is -0.467. The standard InChI is InChI=1S/C15H10Cl2N4O2/c16-12-5-4-11(14(17)7-12)8-23-15(22)10-2-1-3-13(6-10)21-9-18-19-20-21/h1-7,9H,8H2. The van der Waals surface area contributed by atoms with Crippen LogP contribution in [0.1, 0.15) is 15.9 Å². The monoisotopic (exact) mass is 348 g/mol. The summed E-state index contributed by atoms with van der Waals surface area (Å²) in [6.07, 6.45) is 1.44. The van der Waals surface area contributed by atoms with Crippen LogP contribution >= 0.6 is 23.2 Å². The molecule has 8 heteroatoms. The lowest BCUT2D eigenvalue weighted by Gasteiger charge is -2.08. The molecule has 1 heterocycles. The van der Waals surface area contributed by atoms with E-state index in [0.717, 1.165) is 0 Å². The van der Waals surface area contributed by atoms with Gasteiger partial charge in [-0.2, -0.15) is 0 Å². The van der Waals surface area contributed by atoms with Gasteiger partial charge in [0, 0.05) is 15.6 Å². The van der Waals surface area contributed by atoms with Crippen molar-refractivity contribution in [1.29, 1.82) is 0 Å². The fraction of sp³-hybridized carbons (Fsp3) is 0.0667. The summed E-state index contributed by atoms with van der Waals surface area (Å²) in [7, 11) is 0. The summed E-state index contributed by atoms with van der Waals surface area (Å²) in [6.45, 7) is 0.0595. The van der Waals surface area contributed by atoms with Crippen molar-refractivity contribution in [3.05, 3.63) is 70.0 Å². The molecule has 3 aromatic rings. The van der Waals surface area contributed by atoms with Gasteiger partial charge in [0.1, 0.15) is 12.9 Å². The largest absolute Gasteiger partial charge is 0.457 e. The molecule has 0 N–H and O–H groups in total. The van der Waals surface area contributed by atoms with Gasteiger partial charge in [0.15, 0.2) is 0 Å². The van der Waals surface area contributed by atoms with Crippen LogP contribution in [-0.4, -0.2) is 26.2 Å². The Morgan fingerprint density at radius 3 is 2.78 bits per heavy atom. The predicted octanol–water partition coefficient (Wildman–Crippen LogP) is 3.33. The first-order valence-electron chi connectivity index (χ1n) is 6.58. The lowest BCUT2D eigenvalue weighted by molar-refractivity contribution is 0.0473. The van der Waals surface area contributed by atoms with Crippen LogP contribution in [0.2, 0.25) is 10.0 Å². The second kappa shape index (κ2) is 6.76. The van der Waals surface area contributed by atoms with Crippen LogP contribution in [0, 0.1) is 0 Å². The molecule has 0 aliphatic heterocycles. The second-order valence-electron chi connectivity index (χ2n) is 4.62. The van der Waals surface area contributed by atoms with E-state index in [4.69, 9.17) is 27.9 Å². The third-order valence-electron chi connectivity index (χ3n) is 3.07. The molecule has 0 radical (unpaired) electrons. The SMILES string of the molecule is O=C(OCc1ccc(Cl)cc1Cl)c1cccc(-n2cnnn2)c1. The van der Waals surface area contributed by atoms with Gasteiger partial charge in [-0.25, -0.2) is 9.48 Å². The fourth-order valence-electron chi connectivity index (χ4n) is 1.92. The lowest BCUT2D eigenvalue weighted by Crippen LogP contribution is -2.06. The first-order chi connectivity index (χ1) is 11.1. The maximum atomic E-state index is 12.2. The molecule has 0 aliphatic carbocycles. The molecular formula is C15H10Cl2N4O2. The summed E-state index contributed by atoms with van der Waals surface area (Å²) in [4.78, 5) is 12.2. The van der Waals surface area contributed by atoms with Crippen LogP contribution in [0.3, 0.4) is 0 Å². The zero-order valence-corrected chi connectivity index (χ0v) is 13.2. The van der Waals surface area contributed by atoms with Crippen LogP contribution in [0.25, 0.3) is 5.69 Å². The van der Waals surface area contributed by atoms with Gasteiger partial charge in [0.25, 0.3) is 0 Å². The minimum atomic E-state index is -0.467. The number of carbonyl (C=O) groups is 1.